The molecule has 1 aliphatic rings. The minimum absolute atomic E-state index is 0.152. The van der Waals surface area contributed by atoms with Crippen LogP contribution in [0.25, 0.3) is 0 Å². The van der Waals surface area contributed by atoms with Gasteiger partial charge in [-0.3, -0.25) is 9.59 Å². The van der Waals surface area contributed by atoms with E-state index in [1.54, 1.807) is 41.7 Å². The van der Waals surface area contributed by atoms with Gasteiger partial charge in [-0.15, -0.1) is 11.3 Å². The van der Waals surface area contributed by atoms with E-state index in [1.165, 1.54) is 11.3 Å². The number of ketones is 1. The van der Waals surface area contributed by atoms with Gasteiger partial charge in [0, 0.05) is 6.54 Å². The summed E-state index contributed by atoms with van der Waals surface area (Å²) in [5.74, 6) is -0.539. The van der Waals surface area contributed by atoms with Gasteiger partial charge in [0.2, 0.25) is 5.78 Å². The van der Waals surface area contributed by atoms with E-state index in [0.717, 1.165) is 18.4 Å². The van der Waals surface area contributed by atoms with Gasteiger partial charge in [-0.1, -0.05) is 31.5 Å². The zero-order valence-electron chi connectivity index (χ0n) is 14.8. The Morgan fingerprint density at radius 3 is 2.58 bits per heavy atom. The van der Waals surface area contributed by atoms with Gasteiger partial charge < -0.3 is 14.7 Å². The van der Waals surface area contributed by atoms with E-state index >= 15 is 0 Å². The third-order valence-corrected chi connectivity index (χ3v) is 5.35. The third-order valence-electron chi connectivity index (χ3n) is 4.48. The number of aliphatic hydroxyl groups excluding tert-OH is 1. The second-order valence-corrected chi connectivity index (χ2v) is 7.04. The number of hydrogen-bond donors (Lipinski definition) is 1. The van der Waals surface area contributed by atoms with E-state index in [0.29, 0.717) is 17.2 Å². The predicted octanol–water partition coefficient (Wildman–Crippen LogP) is 4.14. The average molecular weight is 371 g/mol. The van der Waals surface area contributed by atoms with Crippen LogP contribution in [0.4, 0.5) is 0 Å². The van der Waals surface area contributed by atoms with E-state index in [9.17, 15) is 14.7 Å². The second kappa shape index (κ2) is 7.74. The Bertz CT molecular complexity index is 824. The first kappa shape index (κ1) is 18.2. The summed E-state index contributed by atoms with van der Waals surface area (Å²) in [6, 6.07) is 10.1. The van der Waals surface area contributed by atoms with Crippen LogP contribution in [-0.2, 0) is 4.79 Å². The number of methoxy groups -OCH3 is 1. The van der Waals surface area contributed by atoms with Crippen molar-refractivity contribution in [3.05, 3.63) is 63.6 Å². The summed E-state index contributed by atoms with van der Waals surface area (Å²) < 4.78 is 5.19. The molecule has 136 valence electrons. The number of ether oxygens (including phenoxy) is 1. The third kappa shape index (κ3) is 3.24. The lowest BCUT2D eigenvalue weighted by Gasteiger charge is -2.26. The predicted molar refractivity (Wildman–Crippen MR) is 101 cm³/mol. The molecule has 26 heavy (non-hydrogen) atoms. The summed E-state index contributed by atoms with van der Waals surface area (Å²) in [5.41, 5.74) is 0.929. The summed E-state index contributed by atoms with van der Waals surface area (Å²) in [6.45, 7) is 2.52. The van der Waals surface area contributed by atoms with Gasteiger partial charge >= 0.3 is 0 Å². The molecule has 0 radical (unpaired) electrons. The van der Waals surface area contributed by atoms with E-state index in [2.05, 4.69) is 0 Å². The zero-order valence-corrected chi connectivity index (χ0v) is 15.6. The van der Waals surface area contributed by atoms with Crippen LogP contribution >= 0.6 is 11.3 Å². The van der Waals surface area contributed by atoms with Crippen LogP contribution < -0.4 is 4.74 Å². The lowest BCUT2D eigenvalue weighted by Crippen LogP contribution is -2.32. The van der Waals surface area contributed by atoms with Crippen molar-refractivity contribution in [3.63, 3.8) is 0 Å². The van der Waals surface area contributed by atoms with Crippen LogP contribution in [0.15, 0.2) is 53.1 Å². The summed E-state index contributed by atoms with van der Waals surface area (Å²) in [4.78, 5) is 27.7. The minimum atomic E-state index is -0.588. The van der Waals surface area contributed by atoms with Gasteiger partial charge in [0.15, 0.2) is 5.76 Å². The average Bonchev–Trinajstić information content (AvgIpc) is 3.28. The van der Waals surface area contributed by atoms with Crippen molar-refractivity contribution in [2.24, 2.45) is 0 Å². The highest BCUT2D eigenvalue weighted by molar-refractivity contribution is 7.12. The molecule has 2 aromatic rings. The number of unbranched alkanes of at least 4 members (excludes halogenated alkanes) is 1. The number of nitrogens with zero attached hydrogens (tertiary/aromatic N) is 1. The molecule has 1 amide bonds. The number of carbonyl (C=O) groups is 2. The van der Waals surface area contributed by atoms with Crippen molar-refractivity contribution in [1.82, 2.24) is 4.90 Å². The first-order valence-corrected chi connectivity index (χ1v) is 9.42. The fraction of sp³-hybridized carbons (Fsp3) is 0.300. The van der Waals surface area contributed by atoms with Crippen LogP contribution in [-0.4, -0.2) is 35.4 Å². The normalized spacial score (nSPS) is 17.1. The number of thiophene rings is 1. The smallest absolute Gasteiger partial charge is 0.290 e. The van der Waals surface area contributed by atoms with Crippen molar-refractivity contribution < 1.29 is 19.4 Å². The van der Waals surface area contributed by atoms with Gasteiger partial charge in [-0.25, -0.2) is 0 Å². The van der Waals surface area contributed by atoms with E-state index < -0.39 is 17.7 Å². The fourth-order valence-corrected chi connectivity index (χ4v) is 3.80. The number of carbonyl (C=O) groups excluding carboxylic acids is 2. The maximum absolute atomic E-state index is 13.0. The van der Waals surface area contributed by atoms with Crippen molar-refractivity contribution in [2.75, 3.05) is 13.7 Å². The van der Waals surface area contributed by atoms with Crippen LogP contribution in [0.5, 0.6) is 5.75 Å². The Balaban J connectivity index is 2.05. The maximum Gasteiger partial charge on any atom is 0.290 e. The summed E-state index contributed by atoms with van der Waals surface area (Å²) in [6.07, 6.45) is 1.71. The molecule has 0 fully saturated rings. The molecule has 1 aliphatic heterocycles. The lowest BCUT2D eigenvalue weighted by atomic mass is 9.95. The Morgan fingerprint density at radius 1 is 1.27 bits per heavy atom. The summed E-state index contributed by atoms with van der Waals surface area (Å²) in [7, 11) is 1.58. The van der Waals surface area contributed by atoms with Crippen LogP contribution in [0.1, 0.15) is 41.0 Å². The number of aliphatic hydroxyl groups is 1. The molecule has 2 heterocycles. The molecule has 0 spiro atoms. The number of hydrogen-bond acceptors (Lipinski definition) is 5. The molecule has 5 nitrogen and oxygen atoms in total. The Morgan fingerprint density at radius 2 is 2.00 bits per heavy atom. The molecule has 1 atom stereocenters. The topological polar surface area (TPSA) is 66.8 Å². The highest BCUT2D eigenvalue weighted by Crippen LogP contribution is 2.40. The van der Waals surface area contributed by atoms with Crippen LogP contribution in [0.2, 0.25) is 0 Å². The molecule has 1 aromatic heterocycles. The summed E-state index contributed by atoms with van der Waals surface area (Å²) in [5, 5.41) is 12.3. The molecule has 1 N–H and O–H groups in total. The van der Waals surface area contributed by atoms with Crippen LogP contribution in [0.3, 0.4) is 0 Å². The number of amides is 1. The fourth-order valence-electron chi connectivity index (χ4n) is 3.12. The largest absolute Gasteiger partial charge is 0.503 e. The molecule has 0 saturated heterocycles. The van der Waals surface area contributed by atoms with E-state index in [1.807, 2.05) is 19.1 Å². The van der Waals surface area contributed by atoms with Crippen molar-refractivity contribution >= 4 is 23.0 Å². The quantitative estimate of drug-likeness (QED) is 0.743. The molecule has 1 unspecified atom stereocenters. The first-order valence-electron chi connectivity index (χ1n) is 8.54. The molecule has 6 heteroatoms. The first-order chi connectivity index (χ1) is 12.6. The summed E-state index contributed by atoms with van der Waals surface area (Å²) >= 11 is 1.30. The monoisotopic (exact) mass is 371 g/mol. The van der Waals surface area contributed by atoms with E-state index in [4.69, 9.17) is 4.74 Å². The van der Waals surface area contributed by atoms with Crippen LogP contribution in [0, 0.1) is 0 Å². The zero-order chi connectivity index (χ0) is 18.7. The standard InChI is InChI=1S/C20H21NO4S/c1-3-4-11-21-17(13-7-9-14(25-2)10-8-13)16(19(23)20(21)24)18(22)15-6-5-12-26-15/h5-10,12,17,23H,3-4,11H2,1-2H3. The number of benzene rings is 1. The minimum Gasteiger partial charge on any atom is -0.503 e. The van der Waals surface area contributed by atoms with Gasteiger partial charge in [0.25, 0.3) is 5.91 Å². The Labute approximate surface area is 156 Å². The Hall–Kier alpha value is -2.60. The highest BCUT2D eigenvalue weighted by atomic mass is 32.1. The SMILES string of the molecule is CCCCN1C(=O)C(O)=C(C(=O)c2cccs2)C1c1ccc(OC)cc1. The van der Waals surface area contributed by atoms with Gasteiger partial charge in [0.1, 0.15) is 5.75 Å². The van der Waals surface area contributed by atoms with Gasteiger partial charge in [0.05, 0.1) is 23.6 Å². The van der Waals surface area contributed by atoms with E-state index in [-0.39, 0.29) is 11.4 Å². The number of rotatable bonds is 7. The second-order valence-electron chi connectivity index (χ2n) is 6.10. The molecule has 1 aromatic carbocycles. The Kier molecular flexibility index (Phi) is 5.42. The lowest BCUT2D eigenvalue weighted by molar-refractivity contribution is -0.129. The van der Waals surface area contributed by atoms with Crippen molar-refractivity contribution in [1.29, 1.82) is 0 Å². The molecular weight excluding hydrogens is 350 g/mol. The van der Waals surface area contributed by atoms with Gasteiger partial charge in [-0.05, 0) is 35.6 Å². The molecule has 3 rings (SSSR count). The molecule has 0 aliphatic carbocycles. The van der Waals surface area contributed by atoms with Crippen molar-refractivity contribution in [3.8, 4) is 5.75 Å². The van der Waals surface area contributed by atoms with Gasteiger partial charge in [-0.2, -0.15) is 0 Å². The maximum atomic E-state index is 13.0. The van der Waals surface area contributed by atoms with Crippen molar-refractivity contribution in [2.45, 2.75) is 25.8 Å². The molecule has 0 saturated carbocycles. The highest BCUT2D eigenvalue weighted by Gasteiger charge is 2.43. The number of Topliss-reactive ketones (excluding diaryl/α,β-unsaturated/α-hetero) is 1. The molecule has 0 bridgehead atoms. The molecular formula is C20H21NO4S.